The van der Waals surface area contributed by atoms with Crippen LogP contribution in [0.15, 0.2) is 24.3 Å². The van der Waals surface area contributed by atoms with E-state index in [2.05, 4.69) is 12.2 Å². The minimum absolute atomic E-state index is 0.356. The standard InChI is InChI=1S/C25H41NO4/c1-3-4-5-6-7-8-9-10-11-12-13-14-15-20-26-23-18-16-22(17-19-23)25(29)30-21(2)24(27)28/h16-19,21,26H,3-15,20H2,1-2H3,(H,27,28). The topological polar surface area (TPSA) is 75.6 Å². The second kappa shape index (κ2) is 16.7. The molecule has 0 aliphatic carbocycles. The number of esters is 1. The number of carbonyl (C=O) groups excluding carboxylic acids is 1. The number of benzene rings is 1. The van der Waals surface area contributed by atoms with Gasteiger partial charge in [0.05, 0.1) is 5.56 Å². The normalized spacial score (nSPS) is 11.8. The van der Waals surface area contributed by atoms with Crippen molar-refractivity contribution in [1.82, 2.24) is 0 Å². The fraction of sp³-hybridized carbons (Fsp3) is 0.680. The van der Waals surface area contributed by atoms with Crippen molar-refractivity contribution in [1.29, 1.82) is 0 Å². The Labute approximate surface area is 182 Å². The number of hydrogen-bond donors (Lipinski definition) is 2. The highest BCUT2D eigenvalue weighted by Crippen LogP contribution is 2.14. The van der Waals surface area contributed by atoms with E-state index in [-0.39, 0.29) is 0 Å². The molecule has 5 nitrogen and oxygen atoms in total. The van der Waals surface area contributed by atoms with Crippen LogP contribution in [-0.2, 0) is 9.53 Å². The van der Waals surface area contributed by atoms with Crippen molar-refractivity contribution < 1.29 is 19.4 Å². The molecule has 170 valence electrons. The molecule has 1 atom stereocenters. The highest BCUT2D eigenvalue weighted by Gasteiger charge is 2.17. The van der Waals surface area contributed by atoms with Crippen LogP contribution in [-0.4, -0.2) is 29.7 Å². The van der Waals surface area contributed by atoms with Crippen LogP contribution >= 0.6 is 0 Å². The Kier molecular flexibility index (Phi) is 14.5. The predicted octanol–water partition coefficient (Wildman–Crippen LogP) is 6.82. The van der Waals surface area contributed by atoms with E-state index in [1.807, 2.05) is 12.1 Å². The van der Waals surface area contributed by atoms with Crippen molar-refractivity contribution in [2.45, 2.75) is 103 Å². The maximum Gasteiger partial charge on any atom is 0.344 e. The smallest absolute Gasteiger partial charge is 0.344 e. The van der Waals surface area contributed by atoms with Crippen LogP contribution in [0.25, 0.3) is 0 Å². The summed E-state index contributed by atoms with van der Waals surface area (Å²) in [7, 11) is 0. The second-order valence-corrected chi connectivity index (χ2v) is 8.13. The Hall–Kier alpha value is -2.04. The molecule has 1 aromatic carbocycles. The number of hydrogen-bond acceptors (Lipinski definition) is 4. The summed E-state index contributed by atoms with van der Waals surface area (Å²) < 4.78 is 4.87. The van der Waals surface area contributed by atoms with E-state index in [1.165, 1.54) is 84.0 Å². The number of aliphatic carboxylic acids is 1. The summed E-state index contributed by atoms with van der Waals surface area (Å²) in [5.74, 6) is -1.77. The van der Waals surface area contributed by atoms with Crippen LogP contribution in [0.1, 0.15) is 108 Å². The fourth-order valence-electron chi connectivity index (χ4n) is 3.38. The van der Waals surface area contributed by atoms with Gasteiger partial charge in [0, 0.05) is 12.2 Å². The Morgan fingerprint density at radius 2 is 1.30 bits per heavy atom. The van der Waals surface area contributed by atoms with Gasteiger partial charge in [0.2, 0.25) is 0 Å². The lowest BCUT2D eigenvalue weighted by Crippen LogP contribution is -2.23. The first-order valence-electron chi connectivity index (χ1n) is 11.8. The van der Waals surface area contributed by atoms with Crippen LogP contribution in [0.5, 0.6) is 0 Å². The maximum absolute atomic E-state index is 11.9. The van der Waals surface area contributed by atoms with Crippen LogP contribution in [0, 0.1) is 0 Å². The van der Waals surface area contributed by atoms with Gasteiger partial charge in [-0.05, 0) is 37.6 Å². The highest BCUT2D eigenvalue weighted by molar-refractivity contribution is 5.91. The Balaban J connectivity index is 2.00. The van der Waals surface area contributed by atoms with Gasteiger partial charge in [-0.15, -0.1) is 0 Å². The molecule has 0 amide bonds. The Morgan fingerprint density at radius 3 is 1.77 bits per heavy atom. The monoisotopic (exact) mass is 419 g/mol. The fourth-order valence-corrected chi connectivity index (χ4v) is 3.38. The van der Waals surface area contributed by atoms with Gasteiger partial charge in [0.15, 0.2) is 6.10 Å². The van der Waals surface area contributed by atoms with E-state index in [0.717, 1.165) is 18.7 Å². The van der Waals surface area contributed by atoms with Crippen molar-refractivity contribution in [2.75, 3.05) is 11.9 Å². The van der Waals surface area contributed by atoms with E-state index in [1.54, 1.807) is 12.1 Å². The molecule has 2 N–H and O–H groups in total. The van der Waals surface area contributed by atoms with E-state index in [0.29, 0.717) is 5.56 Å². The summed E-state index contributed by atoms with van der Waals surface area (Å²) in [5.41, 5.74) is 1.31. The number of carbonyl (C=O) groups is 2. The number of anilines is 1. The molecule has 0 bridgehead atoms. The summed E-state index contributed by atoms with van der Waals surface area (Å²) in [6.45, 7) is 4.52. The summed E-state index contributed by atoms with van der Waals surface area (Å²) in [6, 6.07) is 6.96. The Bertz CT molecular complexity index is 585. The van der Waals surface area contributed by atoms with Crippen LogP contribution in [0.4, 0.5) is 5.69 Å². The highest BCUT2D eigenvalue weighted by atomic mass is 16.6. The molecular formula is C25H41NO4. The largest absolute Gasteiger partial charge is 0.479 e. The van der Waals surface area contributed by atoms with Crippen molar-refractivity contribution in [2.24, 2.45) is 0 Å². The lowest BCUT2D eigenvalue weighted by molar-refractivity contribution is -0.146. The van der Waals surface area contributed by atoms with Crippen molar-refractivity contribution in [3.8, 4) is 0 Å². The first kappa shape index (κ1) is 26.0. The average Bonchev–Trinajstić information content (AvgIpc) is 2.74. The molecule has 0 aliphatic heterocycles. The third-order valence-corrected chi connectivity index (χ3v) is 5.36. The third-order valence-electron chi connectivity index (χ3n) is 5.36. The molecule has 0 aliphatic rings. The van der Waals surface area contributed by atoms with E-state index < -0.39 is 18.0 Å². The van der Waals surface area contributed by atoms with Gasteiger partial charge in [-0.25, -0.2) is 9.59 Å². The maximum atomic E-state index is 11.9. The van der Waals surface area contributed by atoms with E-state index in [4.69, 9.17) is 9.84 Å². The van der Waals surface area contributed by atoms with Crippen LogP contribution < -0.4 is 5.32 Å². The molecule has 0 saturated carbocycles. The van der Waals surface area contributed by atoms with Gasteiger partial charge in [0.25, 0.3) is 0 Å². The molecule has 0 spiro atoms. The number of nitrogens with one attached hydrogen (secondary N) is 1. The zero-order valence-corrected chi connectivity index (χ0v) is 19.0. The third kappa shape index (κ3) is 12.5. The number of carboxylic acids is 1. The molecule has 1 rings (SSSR count). The van der Waals surface area contributed by atoms with Gasteiger partial charge in [-0.1, -0.05) is 84.0 Å². The minimum atomic E-state index is -1.15. The van der Waals surface area contributed by atoms with Crippen molar-refractivity contribution >= 4 is 17.6 Å². The first-order chi connectivity index (χ1) is 14.5. The van der Waals surface area contributed by atoms with Crippen LogP contribution in [0.2, 0.25) is 0 Å². The lowest BCUT2D eigenvalue weighted by atomic mass is 10.0. The predicted molar refractivity (Wildman–Crippen MR) is 123 cm³/mol. The van der Waals surface area contributed by atoms with Crippen LogP contribution in [0.3, 0.4) is 0 Å². The second-order valence-electron chi connectivity index (χ2n) is 8.13. The van der Waals surface area contributed by atoms with Gasteiger partial charge < -0.3 is 15.2 Å². The number of ether oxygens (including phenoxy) is 1. The summed E-state index contributed by atoms with van der Waals surface area (Å²) in [6.07, 6.45) is 16.4. The minimum Gasteiger partial charge on any atom is -0.479 e. The molecule has 30 heavy (non-hydrogen) atoms. The zero-order chi connectivity index (χ0) is 22.0. The van der Waals surface area contributed by atoms with Gasteiger partial charge >= 0.3 is 11.9 Å². The van der Waals surface area contributed by atoms with Crippen molar-refractivity contribution in [3.63, 3.8) is 0 Å². The lowest BCUT2D eigenvalue weighted by Gasteiger charge is -2.10. The van der Waals surface area contributed by atoms with E-state index in [9.17, 15) is 9.59 Å². The SMILES string of the molecule is CCCCCCCCCCCCCCCNc1ccc(C(=O)OC(C)C(=O)O)cc1. The van der Waals surface area contributed by atoms with Gasteiger partial charge in [0.1, 0.15) is 0 Å². The molecule has 1 aromatic rings. The number of unbranched alkanes of at least 4 members (excludes halogenated alkanes) is 12. The molecule has 0 radical (unpaired) electrons. The number of rotatable bonds is 18. The summed E-state index contributed by atoms with van der Waals surface area (Å²) in [4.78, 5) is 22.6. The summed E-state index contributed by atoms with van der Waals surface area (Å²) in [5, 5.41) is 12.2. The number of carboxylic acid groups (broad SMARTS) is 1. The zero-order valence-electron chi connectivity index (χ0n) is 19.0. The molecule has 0 saturated heterocycles. The first-order valence-corrected chi connectivity index (χ1v) is 11.8. The molecule has 0 fully saturated rings. The molecular weight excluding hydrogens is 378 g/mol. The molecule has 5 heteroatoms. The molecule has 0 heterocycles. The van der Waals surface area contributed by atoms with Crippen molar-refractivity contribution in [3.05, 3.63) is 29.8 Å². The Morgan fingerprint density at radius 1 is 0.833 bits per heavy atom. The molecule has 1 unspecified atom stereocenters. The average molecular weight is 420 g/mol. The molecule has 0 aromatic heterocycles. The van der Waals surface area contributed by atoms with Gasteiger partial charge in [-0.3, -0.25) is 0 Å². The quantitative estimate of drug-likeness (QED) is 0.202. The van der Waals surface area contributed by atoms with E-state index >= 15 is 0 Å². The summed E-state index contributed by atoms with van der Waals surface area (Å²) >= 11 is 0. The van der Waals surface area contributed by atoms with Gasteiger partial charge in [-0.2, -0.15) is 0 Å².